The Morgan fingerprint density at radius 3 is 2.00 bits per heavy atom. The first-order valence-electron chi connectivity index (χ1n) is 27.9. The van der Waals surface area contributed by atoms with Gasteiger partial charge in [-0.3, -0.25) is 38.1 Å². The highest BCUT2D eigenvalue weighted by Gasteiger charge is 2.44. The van der Waals surface area contributed by atoms with Gasteiger partial charge in [0.05, 0.1) is 18.9 Å². The molecule has 0 saturated carbocycles. The Morgan fingerprint density at radius 2 is 1.31 bits per heavy atom. The SMILES string of the molecule is COc1cc2c(cc1OCc1cc(COc3cc4c(cc3C)C(=O)N3c5ccccc5C[C@H]3CC4)cc(NC(=O)[C@H](C)CC(=O)[C@H](C)NC(=O)CCCCC(=O)ON3C(=O)CCC3=O)c1)CC(CS(=O)(=O)O)[C@@H]1Cc3ccccc3N1C2=O. The Bertz CT molecular complexity index is 3570. The lowest BCUT2D eigenvalue weighted by Gasteiger charge is -2.28. The maximum atomic E-state index is 14.5. The molecule has 1 unspecified atom stereocenters. The number of amides is 6. The number of anilines is 3. The number of imide groups is 1. The van der Waals surface area contributed by atoms with Crippen LogP contribution in [0.25, 0.3) is 0 Å². The highest BCUT2D eigenvalue weighted by Crippen LogP contribution is 2.44. The van der Waals surface area contributed by atoms with Gasteiger partial charge < -0.3 is 39.5 Å². The summed E-state index contributed by atoms with van der Waals surface area (Å²) in [5.41, 5.74) is 8.31. The number of ketones is 1. The third-order valence-corrected chi connectivity index (χ3v) is 17.0. The van der Waals surface area contributed by atoms with Crippen molar-refractivity contribution in [3.05, 3.63) is 141 Å². The van der Waals surface area contributed by atoms with Gasteiger partial charge in [-0.15, -0.1) is 5.06 Å². The fourth-order valence-electron chi connectivity index (χ4n) is 11.9. The van der Waals surface area contributed by atoms with Crippen molar-refractivity contribution in [2.75, 3.05) is 28.0 Å². The minimum atomic E-state index is -4.45. The van der Waals surface area contributed by atoms with Crippen LogP contribution in [0.5, 0.6) is 17.2 Å². The summed E-state index contributed by atoms with van der Waals surface area (Å²) < 4.78 is 53.8. The highest BCUT2D eigenvalue weighted by molar-refractivity contribution is 7.85. The molecule has 5 aromatic carbocycles. The van der Waals surface area contributed by atoms with E-state index in [0.717, 1.165) is 40.8 Å². The van der Waals surface area contributed by atoms with E-state index < -0.39 is 75.2 Å². The van der Waals surface area contributed by atoms with E-state index in [0.29, 0.717) is 62.8 Å². The van der Waals surface area contributed by atoms with Crippen molar-refractivity contribution in [1.82, 2.24) is 10.4 Å². The molecule has 6 amide bonds. The Labute approximate surface area is 480 Å². The van der Waals surface area contributed by atoms with Crippen LogP contribution in [0.15, 0.2) is 91.0 Å². The molecule has 5 atom stereocenters. The summed E-state index contributed by atoms with van der Waals surface area (Å²) in [6.45, 7) is 4.94. The smallest absolute Gasteiger partial charge is 0.333 e. The molecule has 0 bridgehead atoms. The van der Waals surface area contributed by atoms with E-state index in [2.05, 4.69) is 16.7 Å². The second kappa shape index (κ2) is 24.2. The fraction of sp³-hybridized carbons (Fsp3) is 0.387. The van der Waals surface area contributed by atoms with Gasteiger partial charge in [0, 0.05) is 84.2 Å². The van der Waals surface area contributed by atoms with Gasteiger partial charge in [-0.2, -0.15) is 8.42 Å². The number of benzene rings is 5. The summed E-state index contributed by atoms with van der Waals surface area (Å²) in [7, 11) is -3.01. The second-order valence-corrected chi connectivity index (χ2v) is 23.6. The minimum absolute atomic E-state index is 0.0139. The lowest BCUT2D eigenvalue weighted by molar-refractivity contribution is -0.197. The van der Waals surface area contributed by atoms with Crippen LogP contribution >= 0.6 is 0 Å². The van der Waals surface area contributed by atoms with Crippen LogP contribution in [0.4, 0.5) is 17.1 Å². The van der Waals surface area contributed by atoms with E-state index in [1.165, 1.54) is 14.0 Å². The Kier molecular flexibility index (Phi) is 16.8. The van der Waals surface area contributed by atoms with Crippen molar-refractivity contribution in [2.45, 2.75) is 129 Å². The van der Waals surface area contributed by atoms with E-state index in [9.17, 15) is 51.3 Å². The van der Waals surface area contributed by atoms with Gasteiger partial charge >= 0.3 is 5.97 Å². The number of hydrogen-bond donors (Lipinski definition) is 3. The number of methoxy groups -OCH3 is 1. The molecule has 1 fully saturated rings. The Morgan fingerprint density at radius 1 is 0.699 bits per heavy atom. The largest absolute Gasteiger partial charge is 0.493 e. The number of carbonyl (C=O) groups excluding carboxylic acids is 8. The van der Waals surface area contributed by atoms with Crippen LogP contribution in [0.1, 0.15) is 125 Å². The van der Waals surface area contributed by atoms with E-state index >= 15 is 0 Å². The summed E-state index contributed by atoms with van der Waals surface area (Å²) in [5, 5.41) is 6.07. The molecule has 0 radical (unpaired) electrons. The number of nitrogens with one attached hydrogen (secondary N) is 2. The molecule has 434 valence electrons. The van der Waals surface area contributed by atoms with Crippen LogP contribution in [-0.2, 0) is 82.6 Å². The molecule has 5 aliphatic rings. The third-order valence-electron chi connectivity index (χ3n) is 16.1. The molecule has 10 rings (SSSR count). The first-order chi connectivity index (χ1) is 39.7. The molecule has 5 aromatic rings. The molecule has 83 heavy (non-hydrogen) atoms. The monoisotopic (exact) mass is 1150 g/mol. The number of carbonyl (C=O) groups is 8. The van der Waals surface area contributed by atoms with E-state index in [1.54, 1.807) is 36.1 Å². The summed E-state index contributed by atoms with van der Waals surface area (Å²) in [6, 6.07) is 26.3. The number of rotatable bonds is 21. The average Bonchev–Trinajstić information content (AvgIpc) is 2.40. The maximum absolute atomic E-state index is 14.5. The third kappa shape index (κ3) is 12.8. The molecule has 0 aromatic heterocycles. The van der Waals surface area contributed by atoms with Crippen LogP contribution in [0.3, 0.4) is 0 Å². The molecule has 20 nitrogen and oxygen atoms in total. The number of para-hydroxylation sites is 2. The van der Waals surface area contributed by atoms with Gasteiger partial charge in [-0.1, -0.05) is 43.3 Å². The van der Waals surface area contributed by atoms with E-state index in [4.69, 9.17) is 19.0 Å². The normalized spacial score (nSPS) is 18.6. The van der Waals surface area contributed by atoms with Crippen molar-refractivity contribution in [2.24, 2.45) is 11.8 Å². The van der Waals surface area contributed by atoms with Gasteiger partial charge in [-0.25, -0.2) is 4.79 Å². The quantitative estimate of drug-likeness (QED) is 0.0365. The second-order valence-electron chi connectivity index (χ2n) is 22.1. The zero-order chi connectivity index (χ0) is 58.9. The van der Waals surface area contributed by atoms with Crippen molar-refractivity contribution < 1.29 is 70.4 Å². The standard InChI is InChI=1S/C62H65N5O15S/c1-35-21-47-40(17-18-46-27-41-11-5-7-13-49(41)65(46)61(47)74)29-53(35)80-32-38-23-39(25-45(24-38)64-60(73)36(2)22-52(68)37(3)63-56(69)15-9-10-16-59(72)82-67-57(70)19-20-58(67)71)33-81-55-30-43-26-44(34-83(76,77)78)51-28-42-12-6-8-14-50(42)66(51)62(75)48(43)31-54(55)79-4/h5-8,11-14,21,23-25,29-31,36-37,44,46,51H,9-10,15-20,22,26-28,32-34H2,1-4H3,(H,63,69)(H,64,73)(H,76,77,78)/t36-,37+,44?,46-,51+/m1/s1. The van der Waals surface area contributed by atoms with Gasteiger partial charge in [0.1, 0.15) is 19.0 Å². The number of ether oxygens (including phenoxy) is 3. The molecule has 1 saturated heterocycles. The topological polar surface area (TPSA) is 262 Å². The Balaban J connectivity index is 0.843. The van der Waals surface area contributed by atoms with Gasteiger partial charge in [0.15, 0.2) is 17.3 Å². The number of fused-ring (bicyclic) bond motifs is 8. The van der Waals surface area contributed by atoms with Crippen molar-refractivity contribution in [1.29, 1.82) is 0 Å². The molecule has 5 heterocycles. The maximum Gasteiger partial charge on any atom is 0.333 e. The molecular formula is C62H65N5O15S. The average molecular weight is 1150 g/mol. The van der Waals surface area contributed by atoms with Gasteiger partial charge in [-0.05, 0) is 152 Å². The summed E-state index contributed by atoms with van der Waals surface area (Å²) >= 11 is 0. The number of hydroxylamine groups is 2. The van der Waals surface area contributed by atoms with Gasteiger partial charge in [0.2, 0.25) is 11.8 Å². The lowest BCUT2D eigenvalue weighted by atomic mass is 9.91. The lowest BCUT2D eigenvalue weighted by Crippen LogP contribution is -2.43. The number of hydrogen-bond acceptors (Lipinski definition) is 14. The first-order valence-corrected chi connectivity index (χ1v) is 29.5. The van der Waals surface area contributed by atoms with Crippen LogP contribution in [0.2, 0.25) is 0 Å². The van der Waals surface area contributed by atoms with Crippen molar-refractivity contribution in [3.63, 3.8) is 0 Å². The van der Waals surface area contributed by atoms with Crippen LogP contribution in [-0.4, -0.2) is 96.2 Å². The van der Waals surface area contributed by atoms with E-state index in [1.807, 2.05) is 72.5 Å². The first kappa shape index (κ1) is 57.8. The number of aryl methyl sites for hydroxylation is 2. The molecule has 0 spiro atoms. The number of nitrogens with zero attached hydrogens (tertiary/aromatic N) is 3. The van der Waals surface area contributed by atoms with Crippen LogP contribution in [0, 0.1) is 18.8 Å². The number of Topliss-reactive ketones (excluding diaryl/α,β-unsaturated/α-hetero) is 1. The minimum Gasteiger partial charge on any atom is -0.493 e. The molecule has 3 N–H and O–H groups in total. The predicted molar refractivity (Wildman–Crippen MR) is 303 cm³/mol. The molecule has 21 heteroatoms. The fourth-order valence-corrected chi connectivity index (χ4v) is 12.8. The molecule has 0 aliphatic carbocycles. The van der Waals surface area contributed by atoms with Crippen molar-refractivity contribution in [3.8, 4) is 17.2 Å². The zero-order valence-corrected chi connectivity index (χ0v) is 47.4. The number of unbranched alkanes of at least 4 members (excludes halogenated alkanes) is 1. The van der Waals surface area contributed by atoms with Crippen LogP contribution < -0.4 is 34.6 Å². The predicted octanol–water partition coefficient (Wildman–Crippen LogP) is 7.52. The zero-order valence-electron chi connectivity index (χ0n) is 46.6. The van der Waals surface area contributed by atoms with Crippen molar-refractivity contribution >= 4 is 74.4 Å². The Hall–Kier alpha value is -8.43. The summed E-state index contributed by atoms with van der Waals surface area (Å²) in [5.74, 6) is -4.68. The summed E-state index contributed by atoms with van der Waals surface area (Å²) in [6.07, 6.45) is 2.86. The highest BCUT2D eigenvalue weighted by atomic mass is 32.2. The molecular weight excluding hydrogens is 1090 g/mol. The van der Waals surface area contributed by atoms with Gasteiger partial charge in [0.25, 0.3) is 33.7 Å². The molecule has 5 aliphatic heterocycles. The van der Waals surface area contributed by atoms with E-state index in [-0.39, 0.29) is 93.9 Å². The summed E-state index contributed by atoms with van der Waals surface area (Å²) in [4.78, 5) is 113.